The van der Waals surface area contributed by atoms with Crippen molar-refractivity contribution in [1.82, 2.24) is 9.88 Å². The fourth-order valence-electron chi connectivity index (χ4n) is 2.73. The van der Waals surface area contributed by atoms with Crippen molar-refractivity contribution in [1.29, 1.82) is 0 Å². The molecule has 7 heteroatoms. The fraction of sp³-hybridized carbons (Fsp3) is 0.353. The van der Waals surface area contributed by atoms with E-state index in [4.69, 9.17) is 16.0 Å². The van der Waals surface area contributed by atoms with E-state index in [1.54, 1.807) is 36.1 Å². The predicted octanol–water partition coefficient (Wildman–Crippen LogP) is 3.13. The average molecular weight is 348 g/mol. The summed E-state index contributed by atoms with van der Waals surface area (Å²) in [5.74, 6) is 1.20. The number of carbonyl (C=O) groups is 2. The number of piperidine rings is 1. The first-order chi connectivity index (χ1) is 11.5. The number of hydrogen-bond donors (Lipinski definition) is 1. The van der Waals surface area contributed by atoms with E-state index >= 15 is 0 Å². The minimum atomic E-state index is -0.134. The van der Waals surface area contributed by atoms with Gasteiger partial charge in [0.05, 0.1) is 5.02 Å². The third-order valence-electron chi connectivity index (χ3n) is 4.08. The Morgan fingerprint density at radius 3 is 2.58 bits per heavy atom. The molecule has 1 fully saturated rings. The summed E-state index contributed by atoms with van der Waals surface area (Å²) in [7, 11) is 0. The topological polar surface area (TPSA) is 75.4 Å². The van der Waals surface area contributed by atoms with Gasteiger partial charge in [0.1, 0.15) is 11.6 Å². The van der Waals surface area contributed by atoms with E-state index in [0.29, 0.717) is 48.3 Å². The molecule has 24 heavy (non-hydrogen) atoms. The lowest BCUT2D eigenvalue weighted by Crippen LogP contribution is -2.41. The molecule has 0 aliphatic carbocycles. The van der Waals surface area contributed by atoms with E-state index in [1.807, 2.05) is 0 Å². The number of rotatable bonds is 3. The maximum absolute atomic E-state index is 12.3. The van der Waals surface area contributed by atoms with Gasteiger partial charge in [0.15, 0.2) is 5.76 Å². The average Bonchev–Trinajstić information content (AvgIpc) is 3.03. The summed E-state index contributed by atoms with van der Waals surface area (Å²) in [6.45, 7) is 2.87. The van der Waals surface area contributed by atoms with Gasteiger partial charge in [-0.25, -0.2) is 4.98 Å². The molecule has 1 aliphatic rings. The summed E-state index contributed by atoms with van der Waals surface area (Å²) in [6.07, 6.45) is 2.72. The van der Waals surface area contributed by atoms with Crippen molar-refractivity contribution in [2.24, 2.45) is 5.92 Å². The molecule has 0 spiro atoms. The molecule has 0 aromatic carbocycles. The second kappa shape index (κ2) is 7.05. The van der Waals surface area contributed by atoms with Gasteiger partial charge in [-0.05, 0) is 44.0 Å². The van der Waals surface area contributed by atoms with Gasteiger partial charge < -0.3 is 14.6 Å². The number of aryl methyl sites for hydroxylation is 1. The van der Waals surface area contributed by atoms with Gasteiger partial charge in [-0.3, -0.25) is 9.59 Å². The highest BCUT2D eigenvalue weighted by Crippen LogP contribution is 2.21. The van der Waals surface area contributed by atoms with Gasteiger partial charge in [-0.1, -0.05) is 11.6 Å². The van der Waals surface area contributed by atoms with E-state index in [1.165, 1.54) is 6.20 Å². The maximum Gasteiger partial charge on any atom is 0.289 e. The van der Waals surface area contributed by atoms with Gasteiger partial charge in [-0.2, -0.15) is 0 Å². The number of nitrogens with one attached hydrogen (secondary N) is 1. The second-order valence-electron chi connectivity index (χ2n) is 5.83. The molecule has 6 nitrogen and oxygen atoms in total. The summed E-state index contributed by atoms with van der Waals surface area (Å²) in [5.41, 5.74) is 0. The standard InChI is InChI=1S/C17H18ClN3O3/c1-11-2-4-14(24-11)17(23)21-8-6-12(7-9-21)16(22)20-15-5-3-13(18)10-19-15/h2-5,10,12H,6-9H2,1H3,(H,19,20,22). The molecule has 3 rings (SSSR count). The van der Waals surface area contributed by atoms with E-state index < -0.39 is 0 Å². The number of anilines is 1. The smallest absolute Gasteiger partial charge is 0.289 e. The molecule has 0 radical (unpaired) electrons. The van der Waals surface area contributed by atoms with Crippen molar-refractivity contribution in [2.75, 3.05) is 18.4 Å². The minimum Gasteiger partial charge on any atom is -0.456 e. The van der Waals surface area contributed by atoms with Gasteiger partial charge in [0, 0.05) is 25.2 Å². The van der Waals surface area contributed by atoms with Crippen molar-refractivity contribution in [3.05, 3.63) is 47.0 Å². The Balaban J connectivity index is 1.53. The van der Waals surface area contributed by atoms with Crippen LogP contribution in [0.1, 0.15) is 29.2 Å². The third kappa shape index (κ3) is 3.76. The van der Waals surface area contributed by atoms with Crippen LogP contribution in [0.5, 0.6) is 0 Å². The molecule has 0 bridgehead atoms. The van der Waals surface area contributed by atoms with Crippen LogP contribution in [0.4, 0.5) is 5.82 Å². The normalized spacial score (nSPS) is 15.3. The summed E-state index contributed by atoms with van der Waals surface area (Å²) in [5, 5.41) is 3.31. The molecule has 0 atom stereocenters. The van der Waals surface area contributed by atoms with Gasteiger partial charge >= 0.3 is 0 Å². The number of carbonyl (C=O) groups excluding carboxylic acids is 2. The van der Waals surface area contributed by atoms with Crippen LogP contribution >= 0.6 is 11.6 Å². The van der Waals surface area contributed by atoms with E-state index in [0.717, 1.165) is 0 Å². The van der Waals surface area contributed by atoms with Crippen molar-refractivity contribution < 1.29 is 14.0 Å². The van der Waals surface area contributed by atoms with Gasteiger partial charge in [0.25, 0.3) is 5.91 Å². The quantitative estimate of drug-likeness (QED) is 0.925. The van der Waals surface area contributed by atoms with Gasteiger partial charge in [0.2, 0.25) is 5.91 Å². The van der Waals surface area contributed by atoms with Crippen LogP contribution in [-0.4, -0.2) is 34.8 Å². The van der Waals surface area contributed by atoms with Crippen molar-refractivity contribution in [3.8, 4) is 0 Å². The Kier molecular flexibility index (Phi) is 4.85. The first kappa shape index (κ1) is 16.5. The summed E-state index contributed by atoms with van der Waals surface area (Å²) < 4.78 is 5.37. The first-order valence-corrected chi connectivity index (χ1v) is 8.19. The lowest BCUT2D eigenvalue weighted by molar-refractivity contribution is -0.121. The molecule has 2 amide bonds. The van der Waals surface area contributed by atoms with Crippen LogP contribution in [-0.2, 0) is 4.79 Å². The van der Waals surface area contributed by atoms with Crippen LogP contribution in [0.15, 0.2) is 34.9 Å². The summed E-state index contributed by atoms with van der Waals surface area (Å²) >= 11 is 5.77. The van der Waals surface area contributed by atoms with E-state index in [9.17, 15) is 9.59 Å². The van der Waals surface area contributed by atoms with E-state index in [-0.39, 0.29) is 17.7 Å². The zero-order valence-corrected chi connectivity index (χ0v) is 14.0. The molecular weight excluding hydrogens is 330 g/mol. The number of nitrogens with zero attached hydrogens (tertiary/aromatic N) is 2. The van der Waals surface area contributed by atoms with Gasteiger partial charge in [-0.15, -0.1) is 0 Å². The van der Waals surface area contributed by atoms with Crippen LogP contribution < -0.4 is 5.32 Å². The maximum atomic E-state index is 12.3. The zero-order chi connectivity index (χ0) is 17.1. The molecule has 3 heterocycles. The number of aromatic nitrogens is 1. The summed E-state index contributed by atoms with van der Waals surface area (Å²) in [6, 6.07) is 6.80. The van der Waals surface area contributed by atoms with Crippen molar-refractivity contribution in [3.63, 3.8) is 0 Å². The monoisotopic (exact) mass is 347 g/mol. The molecule has 1 saturated heterocycles. The third-order valence-corrected chi connectivity index (χ3v) is 4.31. The van der Waals surface area contributed by atoms with Crippen LogP contribution in [0.25, 0.3) is 0 Å². The van der Waals surface area contributed by atoms with Crippen molar-refractivity contribution in [2.45, 2.75) is 19.8 Å². The fourth-order valence-corrected chi connectivity index (χ4v) is 2.84. The molecule has 2 aromatic rings. The Morgan fingerprint density at radius 2 is 2.00 bits per heavy atom. The molecule has 126 valence electrons. The summed E-state index contributed by atoms with van der Waals surface area (Å²) in [4.78, 5) is 30.4. The SMILES string of the molecule is Cc1ccc(C(=O)N2CCC(C(=O)Nc3ccc(Cl)cn3)CC2)o1. The molecular formula is C17H18ClN3O3. The lowest BCUT2D eigenvalue weighted by Gasteiger charge is -2.30. The largest absolute Gasteiger partial charge is 0.456 e. The number of halogens is 1. The second-order valence-corrected chi connectivity index (χ2v) is 6.26. The first-order valence-electron chi connectivity index (χ1n) is 7.81. The highest BCUT2D eigenvalue weighted by Gasteiger charge is 2.29. The van der Waals surface area contributed by atoms with Crippen LogP contribution in [0.2, 0.25) is 5.02 Å². The Bertz CT molecular complexity index is 734. The highest BCUT2D eigenvalue weighted by atomic mass is 35.5. The lowest BCUT2D eigenvalue weighted by atomic mass is 9.95. The predicted molar refractivity (Wildman–Crippen MR) is 89.9 cm³/mol. The number of furan rings is 1. The Labute approximate surface area is 144 Å². The number of amides is 2. The molecule has 1 aliphatic heterocycles. The highest BCUT2D eigenvalue weighted by molar-refractivity contribution is 6.30. The minimum absolute atomic E-state index is 0.0780. The van der Waals surface area contributed by atoms with Crippen molar-refractivity contribution >= 4 is 29.2 Å². The number of hydrogen-bond acceptors (Lipinski definition) is 4. The zero-order valence-electron chi connectivity index (χ0n) is 13.3. The van der Waals surface area contributed by atoms with Crippen LogP contribution in [0, 0.1) is 12.8 Å². The number of pyridine rings is 1. The molecule has 0 saturated carbocycles. The Morgan fingerprint density at radius 1 is 1.25 bits per heavy atom. The number of likely N-dealkylation sites (tertiary alicyclic amines) is 1. The van der Waals surface area contributed by atoms with Crippen LogP contribution in [0.3, 0.4) is 0 Å². The molecule has 2 aromatic heterocycles. The molecule has 0 unspecified atom stereocenters. The molecule has 1 N–H and O–H groups in total. The van der Waals surface area contributed by atoms with E-state index in [2.05, 4.69) is 10.3 Å². The Hall–Kier alpha value is -2.34.